The quantitative estimate of drug-likeness (QED) is 0.211. The Morgan fingerprint density at radius 1 is 1.02 bits per heavy atom. The summed E-state index contributed by atoms with van der Waals surface area (Å²) >= 11 is 0. The topological polar surface area (TPSA) is 94.5 Å². The number of ether oxygens (including phenoxy) is 3. The standard InChI is InChI=1S/C32H30N2O6/c1-30-16-17-32(40-30,18-19-39-29(37)31(2,38-4)20-10-6-5-7-11-20)26-25(30)27(35)34(28(26)36)24-15-14-23(33-3)21-12-8-9-13-22(21)24/h5-15,35-36H,16-19H2,1-2,4H3/t30?,31-,32?/m1/s1. The van der Waals surface area contributed by atoms with Crippen molar-refractivity contribution in [2.24, 2.45) is 0 Å². The second-order valence-electron chi connectivity index (χ2n) is 10.8. The molecule has 2 aliphatic rings. The highest BCUT2D eigenvalue weighted by molar-refractivity contribution is 6.00. The van der Waals surface area contributed by atoms with Crippen molar-refractivity contribution in [3.8, 4) is 17.4 Å². The highest BCUT2D eigenvalue weighted by atomic mass is 16.6. The van der Waals surface area contributed by atoms with Crippen molar-refractivity contribution in [3.05, 3.63) is 94.8 Å². The van der Waals surface area contributed by atoms with Crippen LogP contribution < -0.4 is 0 Å². The minimum absolute atomic E-state index is 0.0359. The Morgan fingerprint density at radius 3 is 2.40 bits per heavy atom. The average molecular weight is 539 g/mol. The molecule has 1 fully saturated rings. The van der Waals surface area contributed by atoms with Gasteiger partial charge in [0.2, 0.25) is 11.8 Å². The van der Waals surface area contributed by atoms with Crippen LogP contribution in [0.3, 0.4) is 0 Å². The van der Waals surface area contributed by atoms with Gasteiger partial charge in [0, 0.05) is 13.5 Å². The molecule has 2 unspecified atom stereocenters. The van der Waals surface area contributed by atoms with Crippen molar-refractivity contribution < 1.29 is 29.2 Å². The molecule has 1 aromatic heterocycles. The van der Waals surface area contributed by atoms with Crippen LogP contribution in [0.1, 0.15) is 49.8 Å². The molecule has 2 bridgehead atoms. The van der Waals surface area contributed by atoms with E-state index in [0.717, 1.165) is 10.8 Å². The van der Waals surface area contributed by atoms with Crippen molar-refractivity contribution in [2.45, 2.75) is 49.9 Å². The zero-order chi connectivity index (χ0) is 28.3. The number of aromatic nitrogens is 1. The lowest BCUT2D eigenvalue weighted by Crippen LogP contribution is -2.37. The van der Waals surface area contributed by atoms with Gasteiger partial charge in [0.25, 0.3) is 0 Å². The van der Waals surface area contributed by atoms with Crippen molar-refractivity contribution in [1.29, 1.82) is 0 Å². The molecule has 3 atom stereocenters. The number of rotatable bonds is 7. The third-order valence-corrected chi connectivity index (χ3v) is 8.63. The number of aromatic hydroxyl groups is 2. The van der Waals surface area contributed by atoms with Crippen LogP contribution in [-0.4, -0.2) is 34.5 Å². The maximum Gasteiger partial charge on any atom is 0.342 e. The molecule has 1 saturated heterocycles. The largest absolute Gasteiger partial charge is 0.494 e. The fourth-order valence-electron chi connectivity index (χ4n) is 6.42. The van der Waals surface area contributed by atoms with Crippen LogP contribution in [0, 0.1) is 6.57 Å². The van der Waals surface area contributed by atoms with Crippen molar-refractivity contribution in [1.82, 2.24) is 4.57 Å². The maximum absolute atomic E-state index is 13.2. The summed E-state index contributed by atoms with van der Waals surface area (Å²) in [6.07, 6.45) is 1.54. The predicted octanol–water partition coefficient (Wildman–Crippen LogP) is 6.32. The Kier molecular flexibility index (Phi) is 5.91. The average Bonchev–Trinajstić information content (AvgIpc) is 3.56. The first-order chi connectivity index (χ1) is 19.2. The second kappa shape index (κ2) is 9.12. The molecule has 4 aromatic rings. The van der Waals surface area contributed by atoms with Crippen LogP contribution in [0.15, 0.2) is 66.7 Å². The van der Waals surface area contributed by atoms with Gasteiger partial charge in [0.1, 0.15) is 5.60 Å². The highest BCUT2D eigenvalue weighted by Gasteiger charge is 2.61. The highest BCUT2D eigenvalue weighted by Crippen LogP contribution is 2.65. The van der Waals surface area contributed by atoms with Gasteiger partial charge in [0.15, 0.2) is 11.3 Å². The van der Waals surface area contributed by atoms with Crippen LogP contribution in [0.2, 0.25) is 0 Å². The van der Waals surface area contributed by atoms with Crippen molar-refractivity contribution in [3.63, 3.8) is 0 Å². The van der Waals surface area contributed by atoms with Crippen LogP contribution in [0.4, 0.5) is 5.69 Å². The van der Waals surface area contributed by atoms with Gasteiger partial charge < -0.3 is 24.4 Å². The Hall–Kier alpha value is -4.32. The predicted molar refractivity (Wildman–Crippen MR) is 149 cm³/mol. The lowest BCUT2D eigenvalue weighted by atomic mass is 9.78. The SMILES string of the molecule is [C-]#[N+]c1ccc(-n2c(O)c3c(c2O)C2(CCOC(=O)[C@](C)(OC)c4ccccc4)CCC3(C)O2)c2ccccc12. The molecule has 0 amide bonds. The summed E-state index contributed by atoms with van der Waals surface area (Å²) in [5.41, 5.74) is -0.195. The number of carbonyl (C=O) groups is 1. The monoisotopic (exact) mass is 538 g/mol. The number of esters is 1. The first-order valence-electron chi connectivity index (χ1n) is 13.2. The summed E-state index contributed by atoms with van der Waals surface area (Å²) in [7, 11) is 1.47. The molecule has 0 spiro atoms. The number of carbonyl (C=O) groups excluding carboxylic acids is 1. The lowest BCUT2D eigenvalue weighted by molar-refractivity contribution is -0.171. The van der Waals surface area contributed by atoms with Crippen LogP contribution in [0.5, 0.6) is 11.8 Å². The summed E-state index contributed by atoms with van der Waals surface area (Å²) in [5.74, 6) is -0.730. The summed E-state index contributed by atoms with van der Waals surface area (Å²) < 4.78 is 19.3. The van der Waals surface area contributed by atoms with E-state index in [1.807, 2.05) is 61.5 Å². The number of hydrogen-bond acceptors (Lipinski definition) is 6. The van der Waals surface area contributed by atoms with Gasteiger partial charge in [-0.1, -0.05) is 60.7 Å². The fourth-order valence-corrected chi connectivity index (χ4v) is 6.42. The first kappa shape index (κ1) is 25.9. The van der Waals surface area contributed by atoms with E-state index in [1.54, 1.807) is 19.1 Å². The van der Waals surface area contributed by atoms with E-state index in [0.29, 0.717) is 47.3 Å². The number of hydrogen-bond donors (Lipinski definition) is 2. The Labute approximate surface area is 232 Å². The molecular weight excluding hydrogens is 508 g/mol. The van der Waals surface area contributed by atoms with E-state index >= 15 is 0 Å². The zero-order valence-corrected chi connectivity index (χ0v) is 22.6. The van der Waals surface area contributed by atoms with Gasteiger partial charge in [-0.2, -0.15) is 0 Å². The molecule has 204 valence electrons. The summed E-state index contributed by atoms with van der Waals surface area (Å²) in [6, 6.07) is 20.0. The Balaban J connectivity index is 1.35. The van der Waals surface area contributed by atoms with Crippen LogP contribution in [0.25, 0.3) is 21.3 Å². The smallest absolute Gasteiger partial charge is 0.342 e. The van der Waals surface area contributed by atoms with Gasteiger partial charge in [-0.15, -0.1) is 0 Å². The minimum atomic E-state index is -1.27. The molecular formula is C32H30N2O6. The van der Waals surface area contributed by atoms with Gasteiger partial charge in [-0.05, 0) is 49.1 Å². The van der Waals surface area contributed by atoms with Gasteiger partial charge in [-0.25, -0.2) is 9.64 Å². The Morgan fingerprint density at radius 2 is 1.70 bits per heavy atom. The molecule has 2 N–H and O–H groups in total. The molecule has 0 saturated carbocycles. The molecule has 0 aliphatic carbocycles. The number of benzene rings is 3. The zero-order valence-electron chi connectivity index (χ0n) is 22.6. The molecule has 2 aliphatic heterocycles. The van der Waals surface area contributed by atoms with E-state index in [-0.39, 0.29) is 18.4 Å². The van der Waals surface area contributed by atoms with E-state index < -0.39 is 22.8 Å². The van der Waals surface area contributed by atoms with Gasteiger partial charge in [-0.3, -0.25) is 4.57 Å². The molecule has 8 heteroatoms. The van der Waals surface area contributed by atoms with Gasteiger partial charge >= 0.3 is 5.97 Å². The van der Waals surface area contributed by atoms with Crippen molar-refractivity contribution in [2.75, 3.05) is 13.7 Å². The second-order valence-corrected chi connectivity index (χ2v) is 10.8. The summed E-state index contributed by atoms with van der Waals surface area (Å²) in [6.45, 7) is 11.1. The van der Waals surface area contributed by atoms with Crippen LogP contribution in [-0.2, 0) is 35.8 Å². The van der Waals surface area contributed by atoms with E-state index in [2.05, 4.69) is 4.85 Å². The molecule has 40 heavy (non-hydrogen) atoms. The number of methoxy groups -OCH3 is 1. The molecule has 3 aromatic carbocycles. The molecule has 0 radical (unpaired) electrons. The first-order valence-corrected chi connectivity index (χ1v) is 13.2. The fraction of sp³-hybridized carbons (Fsp3) is 0.312. The normalized spacial score (nSPS) is 22.6. The number of fused-ring (bicyclic) bond motifs is 6. The van der Waals surface area contributed by atoms with E-state index in [4.69, 9.17) is 20.8 Å². The number of nitrogens with zero attached hydrogens (tertiary/aromatic N) is 2. The molecule has 3 heterocycles. The third kappa shape index (κ3) is 3.55. The minimum Gasteiger partial charge on any atom is -0.494 e. The third-order valence-electron chi connectivity index (χ3n) is 8.63. The molecule has 6 rings (SSSR count). The van der Waals surface area contributed by atoms with E-state index in [9.17, 15) is 15.0 Å². The van der Waals surface area contributed by atoms with E-state index in [1.165, 1.54) is 11.7 Å². The summed E-state index contributed by atoms with van der Waals surface area (Å²) in [4.78, 5) is 16.8. The Bertz CT molecular complexity index is 1690. The maximum atomic E-state index is 13.2. The van der Waals surface area contributed by atoms with Crippen LogP contribution >= 0.6 is 0 Å². The van der Waals surface area contributed by atoms with Crippen molar-refractivity contribution >= 4 is 22.4 Å². The summed E-state index contributed by atoms with van der Waals surface area (Å²) in [5, 5.41) is 24.6. The molecule has 8 nitrogen and oxygen atoms in total. The van der Waals surface area contributed by atoms with Gasteiger partial charge in [0.05, 0.1) is 35.6 Å². The lowest BCUT2D eigenvalue weighted by Gasteiger charge is -2.29.